The highest BCUT2D eigenvalue weighted by atomic mass is 16.5. The molecule has 0 aliphatic carbocycles. The minimum Gasteiger partial charge on any atom is -0.497 e. The van der Waals surface area contributed by atoms with Gasteiger partial charge < -0.3 is 19.5 Å². The summed E-state index contributed by atoms with van der Waals surface area (Å²) in [5.74, 6) is 2.43. The van der Waals surface area contributed by atoms with E-state index in [2.05, 4.69) is 48.6 Å². The summed E-state index contributed by atoms with van der Waals surface area (Å²) >= 11 is 0. The van der Waals surface area contributed by atoms with Gasteiger partial charge in [0.1, 0.15) is 12.4 Å². The van der Waals surface area contributed by atoms with E-state index in [9.17, 15) is 0 Å². The van der Waals surface area contributed by atoms with E-state index >= 15 is 0 Å². The Balaban J connectivity index is 1.59. The lowest BCUT2D eigenvalue weighted by Gasteiger charge is -2.15. The molecule has 0 radical (unpaired) electrons. The second-order valence-electron chi connectivity index (χ2n) is 6.88. The predicted octanol–water partition coefficient (Wildman–Crippen LogP) is 5.27. The van der Waals surface area contributed by atoms with Gasteiger partial charge in [-0.05, 0) is 60.4 Å². The molecule has 0 amide bonds. The summed E-state index contributed by atoms with van der Waals surface area (Å²) < 4.78 is 17.1. The maximum atomic E-state index is 6.05. The molecule has 0 spiro atoms. The molecule has 0 aromatic heterocycles. The van der Waals surface area contributed by atoms with Crippen molar-refractivity contribution in [3.8, 4) is 17.2 Å². The van der Waals surface area contributed by atoms with Crippen molar-refractivity contribution in [3.05, 3.63) is 89.0 Å². The van der Waals surface area contributed by atoms with Crippen molar-refractivity contribution in [3.63, 3.8) is 0 Å². The summed E-state index contributed by atoms with van der Waals surface area (Å²) in [5, 5.41) is 3.47. The predicted molar refractivity (Wildman–Crippen MR) is 117 cm³/mol. The highest BCUT2D eigenvalue weighted by Crippen LogP contribution is 2.29. The fourth-order valence-electron chi connectivity index (χ4n) is 3.07. The summed E-state index contributed by atoms with van der Waals surface area (Å²) in [7, 11) is 1.68. The van der Waals surface area contributed by atoms with Crippen LogP contribution < -0.4 is 19.5 Å². The molecule has 3 aromatic rings. The van der Waals surface area contributed by atoms with Crippen molar-refractivity contribution in [1.29, 1.82) is 0 Å². The first-order valence-electron chi connectivity index (χ1n) is 9.96. The van der Waals surface area contributed by atoms with Gasteiger partial charge in [-0.25, -0.2) is 0 Å². The number of rotatable bonds is 10. The fourth-order valence-corrected chi connectivity index (χ4v) is 3.07. The molecule has 3 rings (SSSR count). The molecule has 0 fully saturated rings. The Bertz CT molecular complexity index is 906. The average Bonchev–Trinajstić information content (AvgIpc) is 2.75. The highest BCUT2D eigenvalue weighted by molar-refractivity contribution is 5.43. The summed E-state index contributed by atoms with van der Waals surface area (Å²) in [6.07, 6.45) is 0. The lowest BCUT2D eigenvalue weighted by molar-refractivity contribution is 0.268. The second kappa shape index (κ2) is 10.5. The standard InChI is InChI=1S/C25H29NO3/c1-4-28-25-15-21(17-26-16-20-9-12-23(27-3)13-10-20)11-14-24(25)29-18-22-8-6-5-7-19(22)2/h5-15,26H,4,16-18H2,1-3H3. The van der Waals surface area contributed by atoms with Gasteiger partial charge >= 0.3 is 0 Å². The largest absolute Gasteiger partial charge is 0.497 e. The molecule has 0 aliphatic heterocycles. The van der Waals surface area contributed by atoms with Crippen LogP contribution in [0, 0.1) is 6.92 Å². The molecule has 0 unspecified atom stereocenters. The van der Waals surface area contributed by atoms with Gasteiger partial charge in [-0.3, -0.25) is 0 Å². The monoisotopic (exact) mass is 391 g/mol. The van der Waals surface area contributed by atoms with Gasteiger partial charge in [-0.15, -0.1) is 0 Å². The Kier molecular flexibility index (Phi) is 7.54. The molecule has 3 aromatic carbocycles. The molecule has 0 heterocycles. The maximum absolute atomic E-state index is 6.05. The van der Waals surface area contributed by atoms with E-state index in [1.165, 1.54) is 16.7 Å². The van der Waals surface area contributed by atoms with Crippen LogP contribution in [0.5, 0.6) is 17.2 Å². The van der Waals surface area contributed by atoms with Crippen LogP contribution in [0.25, 0.3) is 0 Å². The Labute approximate surface area is 173 Å². The van der Waals surface area contributed by atoms with Gasteiger partial charge in [0, 0.05) is 13.1 Å². The Hall–Kier alpha value is -2.98. The molecule has 0 bridgehead atoms. The van der Waals surface area contributed by atoms with Crippen LogP contribution >= 0.6 is 0 Å². The molecule has 0 aliphatic rings. The summed E-state index contributed by atoms with van der Waals surface area (Å²) in [5.41, 5.74) is 4.78. The van der Waals surface area contributed by atoms with E-state index in [0.29, 0.717) is 13.2 Å². The zero-order valence-electron chi connectivity index (χ0n) is 17.4. The molecule has 152 valence electrons. The highest BCUT2D eigenvalue weighted by Gasteiger charge is 2.08. The number of benzene rings is 3. The van der Waals surface area contributed by atoms with Crippen molar-refractivity contribution in [2.24, 2.45) is 0 Å². The van der Waals surface area contributed by atoms with E-state index in [1.807, 2.05) is 37.3 Å². The minimum absolute atomic E-state index is 0.530. The number of ether oxygens (including phenoxy) is 3. The van der Waals surface area contributed by atoms with Crippen molar-refractivity contribution in [2.75, 3.05) is 13.7 Å². The zero-order valence-corrected chi connectivity index (χ0v) is 17.4. The van der Waals surface area contributed by atoms with Gasteiger partial charge in [0.05, 0.1) is 13.7 Å². The molecule has 0 saturated carbocycles. The number of aryl methyl sites for hydroxylation is 1. The van der Waals surface area contributed by atoms with Gasteiger partial charge in [0.25, 0.3) is 0 Å². The molecular weight excluding hydrogens is 362 g/mol. The second-order valence-corrected chi connectivity index (χ2v) is 6.88. The maximum Gasteiger partial charge on any atom is 0.161 e. The third-order valence-corrected chi connectivity index (χ3v) is 4.77. The number of hydrogen-bond donors (Lipinski definition) is 1. The van der Waals surface area contributed by atoms with E-state index in [-0.39, 0.29) is 0 Å². The topological polar surface area (TPSA) is 39.7 Å². The smallest absolute Gasteiger partial charge is 0.161 e. The quantitative estimate of drug-likeness (QED) is 0.511. The van der Waals surface area contributed by atoms with Crippen LogP contribution in [-0.2, 0) is 19.7 Å². The van der Waals surface area contributed by atoms with Gasteiger partial charge in [0.15, 0.2) is 11.5 Å². The summed E-state index contributed by atoms with van der Waals surface area (Å²) in [4.78, 5) is 0. The van der Waals surface area contributed by atoms with Crippen molar-refractivity contribution >= 4 is 0 Å². The summed E-state index contributed by atoms with van der Waals surface area (Å²) in [6.45, 7) is 6.76. The lowest BCUT2D eigenvalue weighted by atomic mass is 10.1. The van der Waals surface area contributed by atoms with Gasteiger partial charge in [0.2, 0.25) is 0 Å². The molecule has 4 heteroatoms. The van der Waals surface area contributed by atoms with E-state index in [0.717, 1.165) is 35.9 Å². The fraction of sp³-hybridized carbons (Fsp3) is 0.280. The van der Waals surface area contributed by atoms with E-state index in [4.69, 9.17) is 14.2 Å². The van der Waals surface area contributed by atoms with Crippen LogP contribution in [0.1, 0.15) is 29.2 Å². The van der Waals surface area contributed by atoms with Crippen molar-refractivity contribution in [1.82, 2.24) is 5.32 Å². The van der Waals surface area contributed by atoms with Crippen LogP contribution in [0.4, 0.5) is 0 Å². The van der Waals surface area contributed by atoms with E-state index < -0.39 is 0 Å². The number of hydrogen-bond acceptors (Lipinski definition) is 4. The SMILES string of the molecule is CCOc1cc(CNCc2ccc(OC)cc2)ccc1OCc1ccccc1C. The third kappa shape index (κ3) is 6.00. The van der Waals surface area contributed by atoms with Gasteiger partial charge in [-0.1, -0.05) is 42.5 Å². The summed E-state index contributed by atoms with van der Waals surface area (Å²) in [6, 6.07) is 22.5. The molecule has 4 nitrogen and oxygen atoms in total. The average molecular weight is 392 g/mol. The van der Waals surface area contributed by atoms with Crippen molar-refractivity contribution in [2.45, 2.75) is 33.5 Å². The Morgan fingerprint density at radius 1 is 0.793 bits per heavy atom. The molecule has 0 atom stereocenters. The molecule has 1 N–H and O–H groups in total. The Morgan fingerprint density at radius 3 is 2.24 bits per heavy atom. The zero-order chi connectivity index (χ0) is 20.5. The normalized spacial score (nSPS) is 10.6. The van der Waals surface area contributed by atoms with E-state index in [1.54, 1.807) is 7.11 Å². The van der Waals surface area contributed by atoms with Crippen LogP contribution in [0.3, 0.4) is 0 Å². The Morgan fingerprint density at radius 2 is 1.52 bits per heavy atom. The molecule has 0 saturated heterocycles. The first kappa shape index (κ1) is 20.7. The molecular formula is C25H29NO3. The van der Waals surface area contributed by atoms with Gasteiger partial charge in [-0.2, -0.15) is 0 Å². The number of nitrogens with one attached hydrogen (secondary N) is 1. The number of methoxy groups -OCH3 is 1. The molecule has 29 heavy (non-hydrogen) atoms. The minimum atomic E-state index is 0.530. The van der Waals surface area contributed by atoms with Crippen molar-refractivity contribution < 1.29 is 14.2 Å². The first-order chi connectivity index (χ1) is 14.2. The van der Waals surface area contributed by atoms with Crippen LogP contribution in [0.2, 0.25) is 0 Å². The van der Waals surface area contributed by atoms with Crippen LogP contribution in [-0.4, -0.2) is 13.7 Å². The van der Waals surface area contributed by atoms with Crippen LogP contribution in [0.15, 0.2) is 66.7 Å². The first-order valence-corrected chi connectivity index (χ1v) is 9.96. The third-order valence-electron chi connectivity index (χ3n) is 4.77. The lowest BCUT2D eigenvalue weighted by Crippen LogP contribution is -2.13.